The molecule has 8 heteroatoms. The molecule has 1 aliphatic heterocycles. The van der Waals surface area contributed by atoms with E-state index < -0.39 is 0 Å². The Morgan fingerprint density at radius 3 is 2.63 bits per heavy atom. The summed E-state index contributed by atoms with van der Waals surface area (Å²) in [5.74, 6) is 1.95. The van der Waals surface area contributed by atoms with Crippen molar-refractivity contribution in [1.82, 2.24) is 10.2 Å². The number of rotatable bonds is 5. The minimum atomic E-state index is -0.155. The predicted octanol–water partition coefficient (Wildman–Crippen LogP) is 3.73. The number of aromatic nitrogens is 2. The summed E-state index contributed by atoms with van der Waals surface area (Å²) in [6, 6.07) is 12.4. The van der Waals surface area contributed by atoms with E-state index in [1.807, 2.05) is 0 Å². The molecule has 0 bridgehead atoms. The zero-order valence-corrected chi connectivity index (χ0v) is 15.0. The van der Waals surface area contributed by atoms with Gasteiger partial charge < -0.3 is 19.2 Å². The summed E-state index contributed by atoms with van der Waals surface area (Å²) < 4.78 is 16.6. The maximum Gasteiger partial charge on any atom is 0.247 e. The van der Waals surface area contributed by atoms with E-state index in [4.69, 9.17) is 25.5 Å². The van der Waals surface area contributed by atoms with Crippen molar-refractivity contribution in [1.29, 1.82) is 0 Å². The van der Waals surface area contributed by atoms with E-state index in [0.717, 1.165) is 5.56 Å². The van der Waals surface area contributed by atoms with E-state index >= 15 is 0 Å². The van der Waals surface area contributed by atoms with Crippen LogP contribution >= 0.6 is 11.6 Å². The van der Waals surface area contributed by atoms with Gasteiger partial charge in [0.15, 0.2) is 11.5 Å². The first-order valence-electron chi connectivity index (χ1n) is 8.45. The molecular weight excluding hydrogens is 370 g/mol. The van der Waals surface area contributed by atoms with Gasteiger partial charge in [-0.15, -0.1) is 10.2 Å². The van der Waals surface area contributed by atoms with Gasteiger partial charge in [0.2, 0.25) is 17.7 Å². The van der Waals surface area contributed by atoms with Crippen LogP contribution in [0.25, 0.3) is 11.5 Å². The largest absolute Gasteiger partial charge is 0.486 e. The van der Waals surface area contributed by atoms with Crippen LogP contribution in [-0.2, 0) is 11.2 Å². The van der Waals surface area contributed by atoms with E-state index in [2.05, 4.69) is 15.5 Å². The summed E-state index contributed by atoms with van der Waals surface area (Å²) in [5, 5.41) is 11.5. The van der Waals surface area contributed by atoms with E-state index in [1.54, 1.807) is 42.5 Å². The Kier molecular flexibility index (Phi) is 4.93. The molecule has 0 fully saturated rings. The van der Waals surface area contributed by atoms with Crippen molar-refractivity contribution in [3.05, 3.63) is 53.4 Å². The second-order valence-corrected chi connectivity index (χ2v) is 6.35. The quantitative estimate of drug-likeness (QED) is 0.720. The van der Waals surface area contributed by atoms with Crippen LogP contribution < -0.4 is 14.8 Å². The number of ether oxygens (including phenoxy) is 2. The van der Waals surface area contributed by atoms with Crippen LogP contribution in [0.2, 0.25) is 5.02 Å². The van der Waals surface area contributed by atoms with E-state index in [-0.39, 0.29) is 12.3 Å². The molecule has 1 amide bonds. The average Bonchev–Trinajstić information content (AvgIpc) is 3.16. The Morgan fingerprint density at radius 2 is 1.81 bits per heavy atom. The Morgan fingerprint density at radius 1 is 1.04 bits per heavy atom. The first-order chi connectivity index (χ1) is 13.2. The van der Waals surface area contributed by atoms with Crippen molar-refractivity contribution in [3.8, 4) is 23.0 Å². The molecule has 0 radical (unpaired) electrons. The van der Waals surface area contributed by atoms with Crippen LogP contribution in [0, 0.1) is 0 Å². The van der Waals surface area contributed by atoms with Gasteiger partial charge in [0.25, 0.3) is 0 Å². The molecule has 1 aliphatic rings. The summed E-state index contributed by atoms with van der Waals surface area (Å²) in [6.07, 6.45) is 0.563. The SMILES string of the molecule is O=C(CCc1nnc(-c2ccc(Cl)cc2)o1)Nc1ccc2c(c1)OCCO2. The summed E-state index contributed by atoms with van der Waals surface area (Å²) in [7, 11) is 0. The van der Waals surface area contributed by atoms with Crippen LogP contribution in [0.5, 0.6) is 11.5 Å². The molecule has 0 spiro atoms. The molecule has 2 aromatic carbocycles. The molecule has 0 aliphatic carbocycles. The number of anilines is 1. The predicted molar refractivity (Wildman–Crippen MR) is 99.1 cm³/mol. The number of carbonyl (C=O) groups excluding carboxylic acids is 1. The molecule has 138 valence electrons. The third-order valence-corrected chi connectivity index (χ3v) is 4.20. The second kappa shape index (κ2) is 7.67. The van der Waals surface area contributed by atoms with Crippen molar-refractivity contribution in [3.63, 3.8) is 0 Å². The van der Waals surface area contributed by atoms with Crippen LogP contribution in [0.3, 0.4) is 0 Å². The van der Waals surface area contributed by atoms with Crippen molar-refractivity contribution in [2.45, 2.75) is 12.8 Å². The lowest BCUT2D eigenvalue weighted by molar-refractivity contribution is -0.116. The lowest BCUT2D eigenvalue weighted by Gasteiger charge is -2.18. The Balaban J connectivity index is 1.34. The molecule has 0 unspecified atom stereocenters. The number of fused-ring (bicyclic) bond motifs is 1. The number of nitrogens with one attached hydrogen (secondary N) is 1. The molecule has 7 nitrogen and oxygen atoms in total. The number of carbonyl (C=O) groups is 1. The minimum absolute atomic E-state index is 0.155. The van der Waals surface area contributed by atoms with Crippen LogP contribution in [0.4, 0.5) is 5.69 Å². The molecule has 0 saturated carbocycles. The lowest BCUT2D eigenvalue weighted by Crippen LogP contribution is -2.16. The van der Waals surface area contributed by atoms with Crippen LogP contribution in [0.1, 0.15) is 12.3 Å². The van der Waals surface area contributed by atoms with Crippen LogP contribution in [-0.4, -0.2) is 29.3 Å². The van der Waals surface area contributed by atoms with Crippen LogP contribution in [0.15, 0.2) is 46.9 Å². The normalized spacial score (nSPS) is 12.6. The Bertz CT molecular complexity index is 956. The molecule has 4 rings (SSSR count). The van der Waals surface area contributed by atoms with Gasteiger partial charge in [0.1, 0.15) is 13.2 Å². The van der Waals surface area contributed by atoms with Crippen molar-refractivity contribution < 1.29 is 18.7 Å². The number of hydrogen-bond acceptors (Lipinski definition) is 6. The standard InChI is InChI=1S/C19H16ClN3O4/c20-13-3-1-12(2-4-13)19-23-22-18(27-19)8-7-17(24)21-14-5-6-15-16(11-14)26-10-9-25-15/h1-6,11H,7-10H2,(H,21,24). The van der Waals surface area contributed by atoms with Gasteiger partial charge in [-0.3, -0.25) is 4.79 Å². The molecular formula is C19H16ClN3O4. The summed E-state index contributed by atoms with van der Waals surface area (Å²) >= 11 is 5.87. The Labute approximate surface area is 160 Å². The molecule has 0 saturated heterocycles. The van der Waals surface area contributed by atoms with Gasteiger partial charge in [-0.05, 0) is 36.4 Å². The monoisotopic (exact) mass is 385 g/mol. The topological polar surface area (TPSA) is 86.5 Å². The number of benzene rings is 2. The van der Waals surface area contributed by atoms with Gasteiger partial charge in [-0.1, -0.05) is 11.6 Å². The second-order valence-electron chi connectivity index (χ2n) is 5.91. The zero-order valence-electron chi connectivity index (χ0n) is 14.3. The van der Waals surface area contributed by atoms with Crippen molar-refractivity contribution >= 4 is 23.2 Å². The van der Waals surface area contributed by atoms with E-state index in [0.29, 0.717) is 53.6 Å². The molecule has 1 aromatic heterocycles. The highest BCUT2D eigenvalue weighted by Gasteiger charge is 2.14. The highest BCUT2D eigenvalue weighted by Crippen LogP contribution is 2.32. The minimum Gasteiger partial charge on any atom is -0.486 e. The molecule has 27 heavy (non-hydrogen) atoms. The number of aryl methyl sites for hydroxylation is 1. The van der Waals surface area contributed by atoms with Crippen molar-refractivity contribution in [2.24, 2.45) is 0 Å². The third kappa shape index (κ3) is 4.20. The average molecular weight is 386 g/mol. The fourth-order valence-electron chi connectivity index (χ4n) is 2.63. The molecule has 2 heterocycles. The third-order valence-electron chi connectivity index (χ3n) is 3.95. The maximum absolute atomic E-state index is 12.2. The first kappa shape index (κ1) is 17.4. The molecule has 3 aromatic rings. The summed E-state index contributed by atoms with van der Waals surface area (Å²) in [5.41, 5.74) is 1.43. The number of hydrogen-bond donors (Lipinski definition) is 1. The highest BCUT2D eigenvalue weighted by atomic mass is 35.5. The van der Waals surface area contributed by atoms with E-state index in [9.17, 15) is 4.79 Å². The molecule has 0 atom stereocenters. The number of halogens is 1. The number of nitrogens with zero attached hydrogens (tertiary/aromatic N) is 2. The summed E-state index contributed by atoms with van der Waals surface area (Å²) in [6.45, 7) is 1.03. The Hall–Kier alpha value is -3.06. The highest BCUT2D eigenvalue weighted by molar-refractivity contribution is 6.30. The molecule has 1 N–H and O–H groups in total. The first-order valence-corrected chi connectivity index (χ1v) is 8.83. The van der Waals surface area contributed by atoms with Gasteiger partial charge in [0, 0.05) is 35.2 Å². The lowest BCUT2D eigenvalue weighted by atomic mass is 10.2. The van der Waals surface area contributed by atoms with Gasteiger partial charge in [-0.25, -0.2) is 0 Å². The van der Waals surface area contributed by atoms with Gasteiger partial charge in [0.05, 0.1) is 0 Å². The fraction of sp³-hybridized carbons (Fsp3) is 0.211. The zero-order chi connectivity index (χ0) is 18.6. The summed E-state index contributed by atoms with van der Waals surface area (Å²) in [4.78, 5) is 12.2. The maximum atomic E-state index is 12.2. The van der Waals surface area contributed by atoms with E-state index in [1.165, 1.54) is 0 Å². The van der Waals surface area contributed by atoms with Crippen molar-refractivity contribution in [2.75, 3.05) is 18.5 Å². The number of amides is 1. The van der Waals surface area contributed by atoms with Gasteiger partial charge in [-0.2, -0.15) is 0 Å². The fourth-order valence-corrected chi connectivity index (χ4v) is 2.75. The smallest absolute Gasteiger partial charge is 0.247 e. The van der Waals surface area contributed by atoms with Gasteiger partial charge >= 0.3 is 0 Å².